The van der Waals surface area contributed by atoms with Gasteiger partial charge in [0.1, 0.15) is 5.54 Å². The van der Waals surface area contributed by atoms with E-state index in [2.05, 4.69) is 15.6 Å². The summed E-state index contributed by atoms with van der Waals surface area (Å²) in [7, 11) is 0. The highest BCUT2D eigenvalue weighted by atomic mass is 19.4. The maximum absolute atomic E-state index is 12.9. The van der Waals surface area contributed by atoms with Crippen molar-refractivity contribution >= 4 is 17.8 Å². The number of likely N-dealkylation sites (tertiary alicyclic amines) is 1. The molecule has 1 unspecified atom stereocenters. The van der Waals surface area contributed by atoms with Crippen LogP contribution in [0.3, 0.4) is 0 Å². The fraction of sp³-hybridized carbons (Fsp3) is 0.609. The maximum Gasteiger partial charge on any atom is 0.416 e. The highest BCUT2D eigenvalue weighted by Crippen LogP contribution is 2.35. The third-order valence-electron chi connectivity index (χ3n) is 6.97. The number of hydrazine groups is 1. The Labute approximate surface area is 190 Å². The topological polar surface area (TPSA) is 81.8 Å². The van der Waals surface area contributed by atoms with E-state index in [4.69, 9.17) is 0 Å². The SMILES string of the molecule is O=C(CCN1CCCCC1c1ccc(C(F)(F)F)cc1)NN1C(=O)NC2(CCCCC2)C1=O. The average Bonchev–Trinajstić information content (AvgIpc) is 3.01. The van der Waals surface area contributed by atoms with Crippen LogP contribution in [0.1, 0.15) is 75.0 Å². The van der Waals surface area contributed by atoms with Crippen LogP contribution in [0.2, 0.25) is 0 Å². The molecule has 1 atom stereocenters. The molecule has 33 heavy (non-hydrogen) atoms. The van der Waals surface area contributed by atoms with Gasteiger partial charge in [0, 0.05) is 19.0 Å². The van der Waals surface area contributed by atoms with Gasteiger partial charge >= 0.3 is 12.2 Å². The fourth-order valence-electron chi connectivity index (χ4n) is 5.17. The number of alkyl halides is 3. The number of amides is 4. The first kappa shape index (κ1) is 23.5. The minimum absolute atomic E-state index is 0.0706. The molecular formula is C23H29F3N4O3. The standard InChI is InChI=1S/C23H29F3N4O3/c24-23(25,26)17-9-7-16(8-10-17)18-6-2-5-14-29(18)15-11-19(31)28-30-20(32)22(27-21(30)33)12-3-1-4-13-22/h7-10,18H,1-6,11-15H2,(H,27,33)(H,28,31). The van der Waals surface area contributed by atoms with Gasteiger partial charge in [-0.15, -0.1) is 0 Å². The van der Waals surface area contributed by atoms with E-state index in [1.807, 2.05) is 0 Å². The quantitative estimate of drug-likeness (QED) is 0.645. The summed E-state index contributed by atoms with van der Waals surface area (Å²) in [6.07, 6.45) is 2.27. The Kier molecular flexibility index (Phi) is 6.65. The number of carbonyl (C=O) groups excluding carboxylic acids is 3. The first-order valence-corrected chi connectivity index (χ1v) is 11.6. The van der Waals surface area contributed by atoms with Crippen molar-refractivity contribution in [2.45, 2.75) is 75.5 Å². The molecule has 0 aromatic heterocycles. The van der Waals surface area contributed by atoms with E-state index in [0.717, 1.165) is 67.8 Å². The summed E-state index contributed by atoms with van der Waals surface area (Å²) in [6, 6.07) is 4.51. The molecule has 2 heterocycles. The molecule has 10 heteroatoms. The van der Waals surface area contributed by atoms with Crippen LogP contribution >= 0.6 is 0 Å². The lowest BCUT2D eigenvalue weighted by molar-refractivity contribution is -0.140. The lowest BCUT2D eigenvalue weighted by Gasteiger charge is -2.36. The van der Waals surface area contributed by atoms with Gasteiger partial charge in [0.15, 0.2) is 0 Å². The summed E-state index contributed by atoms with van der Waals surface area (Å²) in [4.78, 5) is 39.8. The summed E-state index contributed by atoms with van der Waals surface area (Å²) in [5, 5.41) is 3.56. The summed E-state index contributed by atoms with van der Waals surface area (Å²) < 4.78 is 38.6. The summed E-state index contributed by atoms with van der Waals surface area (Å²) >= 11 is 0. The molecule has 1 saturated carbocycles. The number of hydrogen-bond donors (Lipinski definition) is 2. The van der Waals surface area contributed by atoms with Crippen LogP contribution in [0.25, 0.3) is 0 Å². The third-order valence-corrected chi connectivity index (χ3v) is 6.97. The molecule has 1 spiro atoms. The number of piperidine rings is 1. The molecule has 2 aliphatic heterocycles. The van der Waals surface area contributed by atoms with E-state index in [1.54, 1.807) is 0 Å². The van der Waals surface area contributed by atoms with Gasteiger partial charge in [-0.05, 0) is 49.9 Å². The first-order valence-electron chi connectivity index (χ1n) is 11.6. The van der Waals surface area contributed by atoms with Gasteiger partial charge in [-0.1, -0.05) is 37.8 Å². The molecule has 3 fully saturated rings. The fourth-order valence-corrected chi connectivity index (χ4v) is 5.17. The number of nitrogens with one attached hydrogen (secondary N) is 2. The molecule has 3 aliphatic rings. The van der Waals surface area contributed by atoms with Gasteiger partial charge < -0.3 is 5.32 Å². The Morgan fingerprint density at radius 1 is 1.06 bits per heavy atom. The zero-order valence-corrected chi connectivity index (χ0v) is 18.4. The molecule has 2 N–H and O–H groups in total. The van der Waals surface area contributed by atoms with Crippen molar-refractivity contribution in [3.8, 4) is 0 Å². The summed E-state index contributed by atoms with van der Waals surface area (Å²) in [6.45, 7) is 1.11. The number of imide groups is 1. The second-order valence-corrected chi connectivity index (χ2v) is 9.17. The van der Waals surface area contributed by atoms with Crippen molar-refractivity contribution in [1.29, 1.82) is 0 Å². The van der Waals surface area contributed by atoms with E-state index in [-0.39, 0.29) is 12.5 Å². The molecule has 0 bridgehead atoms. The number of carbonyl (C=O) groups is 3. The van der Waals surface area contributed by atoms with Crippen LogP contribution in [0.4, 0.5) is 18.0 Å². The number of benzene rings is 1. The molecule has 1 aromatic rings. The van der Waals surface area contributed by atoms with Crippen molar-refractivity contribution < 1.29 is 27.6 Å². The zero-order chi connectivity index (χ0) is 23.6. The largest absolute Gasteiger partial charge is 0.416 e. The van der Waals surface area contributed by atoms with Gasteiger partial charge in [0.05, 0.1) is 5.56 Å². The normalized spacial score (nSPS) is 23.6. The van der Waals surface area contributed by atoms with E-state index in [9.17, 15) is 27.6 Å². The molecule has 180 valence electrons. The van der Waals surface area contributed by atoms with E-state index in [1.165, 1.54) is 12.1 Å². The predicted octanol–water partition coefficient (Wildman–Crippen LogP) is 3.91. The first-order chi connectivity index (χ1) is 15.7. The molecule has 2 saturated heterocycles. The van der Waals surface area contributed by atoms with E-state index >= 15 is 0 Å². The molecule has 1 aromatic carbocycles. The lowest BCUT2D eigenvalue weighted by atomic mass is 9.82. The average molecular weight is 467 g/mol. The van der Waals surface area contributed by atoms with E-state index < -0.39 is 35.1 Å². The van der Waals surface area contributed by atoms with Crippen LogP contribution in [0, 0.1) is 0 Å². The van der Waals surface area contributed by atoms with Gasteiger partial charge in [-0.3, -0.25) is 19.9 Å². The van der Waals surface area contributed by atoms with Crippen LogP contribution < -0.4 is 10.7 Å². The molecule has 0 radical (unpaired) electrons. The number of hydrogen-bond acceptors (Lipinski definition) is 4. The number of halogens is 3. The van der Waals surface area contributed by atoms with Crippen molar-refractivity contribution in [3.05, 3.63) is 35.4 Å². The van der Waals surface area contributed by atoms with Crippen molar-refractivity contribution in [2.24, 2.45) is 0 Å². The predicted molar refractivity (Wildman–Crippen MR) is 114 cm³/mol. The monoisotopic (exact) mass is 466 g/mol. The van der Waals surface area contributed by atoms with Gasteiger partial charge in [-0.2, -0.15) is 18.2 Å². The molecule has 7 nitrogen and oxygen atoms in total. The Hall–Kier alpha value is -2.62. The maximum atomic E-state index is 12.9. The Balaban J connectivity index is 1.35. The third kappa shape index (κ3) is 5.00. The summed E-state index contributed by atoms with van der Waals surface area (Å²) in [5.74, 6) is -0.843. The van der Waals surface area contributed by atoms with Gasteiger partial charge in [0.25, 0.3) is 5.91 Å². The van der Waals surface area contributed by atoms with Crippen LogP contribution in [0.5, 0.6) is 0 Å². The van der Waals surface area contributed by atoms with Gasteiger partial charge in [0.2, 0.25) is 5.91 Å². The van der Waals surface area contributed by atoms with Crippen molar-refractivity contribution in [2.75, 3.05) is 13.1 Å². The molecular weight excluding hydrogens is 437 g/mol. The minimum Gasteiger partial charge on any atom is -0.322 e. The van der Waals surface area contributed by atoms with Crippen LogP contribution in [0.15, 0.2) is 24.3 Å². The Morgan fingerprint density at radius 3 is 2.42 bits per heavy atom. The Bertz CT molecular complexity index is 897. The number of rotatable bonds is 5. The minimum atomic E-state index is -4.38. The lowest BCUT2D eigenvalue weighted by Crippen LogP contribution is -2.51. The van der Waals surface area contributed by atoms with E-state index in [0.29, 0.717) is 19.4 Å². The number of urea groups is 1. The van der Waals surface area contributed by atoms with Crippen LogP contribution in [-0.4, -0.2) is 46.4 Å². The second kappa shape index (κ2) is 9.32. The van der Waals surface area contributed by atoms with Gasteiger partial charge in [-0.25, -0.2) is 4.79 Å². The molecule has 4 rings (SSSR count). The molecule has 1 aliphatic carbocycles. The smallest absolute Gasteiger partial charge is 0.322 e. The highest BCUT2D eigenvalue weighted by Gasteiger charge is 2.52. The molecule has 4 amide bonds. The second-order valence-electron chi connectivity index (χ2n) is 9.17. The zero-order valence-electron chi connectivity index (χ0n) is 18.4. The summed E-state index contributed by atoms with van der Waals surface area (Å²) in [5.41, 5.74) is 1.66. The number of nitrogens with zero attached hydrogens (tertiary/aromatic N) is 2. The van der Waals surface area contributed by atoms with Crippen molar-refractivity contribution in [1.82, 2.24) is 20.7 Å². The Morgan fingerprint density at radius 2 is 1.76 bits per heavy atom. The van der Waals surface area contributed by atoms with Crippen molar-refractivity contribution in [3.63, 3.8) is 0 Å². The highest BCUT2D eigenvalue weighted by molar-refractivity contribution is 6.08. The van der Waals surface area contributed by atoms with Crippen LogP contribution in [-0.2, 0) is 15.8 Å².